The Morgan fingerprint density at radius 3 is 2.53 bits per heavy atom. The van der Waals surface area contributed by atoms with Gasteiger partial charge in [-0.3, -0.25) is 10.1 Å². The van der Waals surface area contributed by atoms with E-state index < -0.39 is 32.5 Å². The largest absolute Gasteiger partial charge is 0.490 e. The first-order valence-corrected chi connectivity index (χ1v) is 5.94. The normalized spacial score (nSPS) is 9.74. The van der Waals surface area contributed by atoms with E-state index in [1.165, 1.54) is 19.2 Å². The molecule has 0 fully saturated rings. The summed E-state index contributed by atoms with van der Waals surface area (Å²) in [4.78, 5) is 20.0. The van der Waals surface area contributed by atoms with Gasteiger partial charge in [0.05, 0.1) is 12.0 Å². The first-order chi connectivity index (χ1) is 8.86. The van der Waals surface area contributed by atoms with Crippen molar-refractivity contribution in [3.8, 4) is 5.75 Å². The summed E-state index contributed by atoms with van der Waals surface area (Å²) < 4.78 is 26.2. The molecular formula is C10H9NO7S. The van der Waals surface area contributed by atoms with Crippen LogP contribution in [0.25, 0.3) is 0 Å². The number of nitro groups is 1. The maximum atomic E-state index is 10.8. The highest BCUT2D eigenvalue weighted by atomic mass is 32.2. The number of benzene rings is 1. The Hall–Kier alpha value is -2.42. The number of ether oxygens (including phenoxy) is 1. The number of nitrogens with zero attached hydrogens (tertiary/aromatic N) is 1. The summed E-state index contributed by atoms with van der Waals surface area (Å²) in [5.41, 5.74) is -0.171. The molecule has 0 amide bonds. The van der Waals surface area contributed by atoms with Gasteiger partial charge >= 0.3 is 11.7 Å². The monoisotopic (exact) mass is 287 g/mol. The van der Waals surface area contributed by atoms with Crippen LogP contribution in [0.1, 0.15) is 5.56 Å². The van der Waals surface area contributed by atoms with Crippen molar-refractivity contribution in [3.05, 3.63) is 33.9 Å². The number of carboxylic acid groups (broad SMARTS) is 1. The third kappa shape index (κ3) is 3.52. The number of carbonyl (C=O) groups is 1. The van der Waals surface area contributed by atoms with Crippen molar-refractivity contribution >= 4 is 26.8 Å². The minimum atomic E-state index is -2.89. The van der Waals surface area contributed by atoms with Gasteiger partial charge in [0.1, 0.15) is 0 Å². The van der Waals surface area contributed by atoms with Gasteiger partial charge in [-0.15, -0.1) is 0 Å². The van der Waals surface area contributed by atoms with Crippen LogP contribution in [-0.2, 0) is 21.5 Å². The molecule has 0 radical (unpaired) electrons. The molecule has 0 atom stereocenters. The molecule has 0 saturated carbocycles. The number of methoxy groups -OCH3 is 1. The molecule has 1 N–H and O–H groups in total. The average molecular weight is 287 g/mol. The van der Waals surface area contributed by atoms with Crippen LogP contribution in [0.5, 0.6) is 5.75 Å². The molecule has 0 saturated heterocycles. The molecule has 0 bridgehead atoms. The Kier molecular flexibility index (Phi) is 4.59. The van der Waals surface area contributed by atoms with E-state index in [2.05, 4.69) is 0 Å². The van der Waals surface area contributed by atoms with Gasteiger partial charge in [0.15, 0.2) is 10.6 Å². The summed E-state index contributed by atoms with van der Waals surface area (Å²) in [5.74, 6) is -1.58. The molecular weight excluding hydrogens is 278 g/mol. The fourth-order valence-electron chi connectivity index (χ4n) is 1.38. The number of aliphatic carboxylic acids is 1. The molecule has 9 heteroatoms. The molecule has 0 heterocycles. The van der Waals surface area contributed by atoms with E-state index in [9.17, 15) is 23.3 Å². The van der Waals surface area contributed by atoms with Gasteiger partial charge in [0, 0.05) is 12.5 Å². The lowest BCUT2D eigenvalue weighted by molar-refractivity contribution is -0.385. The second-order valence-corrected chi connectivity index (χ2v) is 4.37. The molecule has 1 aromatic rings. The Morgan fingerprint density at radius 1 is 1.47 bits per heavy atom. The molecule has 0 aliphatic carbocycles. The highest BCUT2D eigenvalue weighted by molar-refractivity contribution is 7.74. The lowest BCUT2D eigenvalue weighted by Crippen LogP contribution is -2.17. The fourth-order valence-corrected chi connectivity index (χ4v) is 1.81. The zero-order valence-corrected chi connectivity index (χ0v) is 10.5. The lowest BCUT2D eigenvalue weighted by atomic mass is 10.1. The van der Waals surface area contributed by atoms with Crippen LogP contribution in [0, 0.1) is 10.1 Å². The number of nitro benzene ring substituents is 1. The summed E-state index contributed by atoms with van der Waals surface area (Å²) in [6.07, 6.45) is -0.434. The van der Waals surface area contributed by atoms with E-state index in [-0.39, 0.29) is 17.0 Å². The molecule has 0 unspecified atom stereocenters. The van der Waals surface area contributed by atoms with E-state index in [1.54, 1.807) is 0 Å². The molecule has 0 aromatic heterocycles. The van der Waals surface area contributed by atoms with Crippen molar-refractivity contribution in [2.45, 2.75) is 6.42 Å². The molecule has 102 valence electrons. The first kappa shape index (κ1) is 14.6. The van der Waals surface area contributed by atoms with Crippen molar-refractivity contribution in [1.82, 2.24) is 0 Å². The van der Waals surface area contributed by atoms with Gasteiger partial charge in [-0.2, -0.15) is 8.42 Å². The molecule has 8 nitrogen and oxygen atoms in total. The Bertz CT molecular complexity index is 654. The second kappa shape index (κ2) is 5.96. The SMILES string of the molecule is COc1ccc(CC(C(=O)O)=S(=O)=O)cc1[N+](=O)[O-]. The zero-order valence-electron chi connectivity index (χ0n) is 9.69. The van der Waals surface area contributed by atoms with Crippen LogP contribution in [0.15, 0.2) is 18.2 Å². The van der Waals surface area contributed by atoms with Crippen molar-refractivity contribution in [3.63, 3.8) is 0 Å². The topological polar surface area (TPSA) is 124 Å². The van der Waals surface area contributed by atoms with Gasteiger partial charge in [-0.25, -0.2) is 4.79 Å². The number of hydrogen-bond donors (Lipinski definition) is 1. The summed E-state index contributed by atoms with van der Waals surface area (Å²) >= 11 is 0. The standard InChI is InChI=1S/C10H9NO7S/c1-18-8-3-2-6(4-7(8)11(14)15)5-9(10(12)13)19(16)17/h2-4H,5H2,1H3,(H,12,13). The van der Waals surface area contributed by atoms with Crippen molar-refractivity contribution < 1.29 is 28.0 Å². The Labute approximate surface area is 108 Å². The highest BCUT2D eigenvalue weighted by Crippen LogP contribution is 2.27. The van der Waals surface area contributed by atoms with E-state index in [0.717, 1.165) is 6.07 Å². The number of rotatable bonds is 5. The van der Waals surface area contributed by atoms with Gasteiger partial charge in [0.25, 0.3) is 0 Å². The summed E-state index contributed by atoms with van der Waals surface area (Å²) in [5, 5.41) is 19.5. The van der Waals surface area contributed by atoms with Crippen LogP contribution < -0.4 is 4.74 Å². The van der Waals surface area contributed by atoms with Crippen LogP contribution >= 0.6 is 0 Å². The smallest absolute Gasteiger partial charge is 0.347 e. The van der Waals surface area contributed by atoms with Crippen LogP contribution in [0.4, 0.5) is 5.69 Å². The minimum Gasteiger partial charge on any atom is -0.490 e. The average Bonchev–Trinajstić information content (AvgIpc) is 2.34. The van der Waals surface area contributed by atoms with Crippen molar-refractivity contribution in [2.24, 2.45) is 0 Å². The van der Waals surface area contributed by atoms with E-state index in [0.29, 0.717) is 0 Å². The molecule has 0 aliphatic rings. The third-order valence-electron chi connectivity index (χ3n) is 2.24. The van der Waals surface area contributed by atoms with E-state index in [1.807, 2.05) is 0 Å². The van der Waals surface area contributed by atoms with E-state index in [4.69, 9.17) is 9.84 Å². The zero-order chi connectivity index (χ0) is 14.6. The summed E-state index contributed by atoms with van der Waals surface area (Å²) in [6, 6.07) is 3.72. The molecule has 0 spiro atoms. The van der Waals surface area contributed by atoms with Crippen molar-refractivity contribution in [2.75, 3.05) is 7.11 Å². The van der Waals surface area contributed by atoms with Crippen LogP contribution in [-0.4, -0.2) is 36.4 Å². The summed E-state index contributed by atoms with van der Waals surface area (Å²) in [6.45, 7) is 0. The Morgan fingerprint density at radius 2 is 2.11 bits per heavy atom. The van der Waals surface area contributed by atoms with Gasteiger partial charge in [0.2, 0.25) is 10.3 Å². The fraction of sp³-hybridized carbons (Fsp3) is 0.200. The molecule has 0 aliphatic heterocycles. The predicted octanol–water partition coefficient (Wildman–Crippen LogP) is 0.282. The van der Waals surface area contributed by atoms with Gasteiger partial charge in [-0.05, 0) is 11.6 Å². The molecule has 1 aromatic carbocycles. The summed E-state index contributed by atoms with van der Waals surface area (Å²) in [7, 11) is -1.64. The van der Waals surface area contributed by atoms with Crippen molar-refractivity contribution in [1.29, 1.82) is 0 Å². The number of hydrogen-bond acceptors (Lipinski definition) is 6. The van der Waals surface area contributed by atoms with Gasteiger partial charge < -0.3 is 9.84 Å². The molecule has 19 heavy (non-hydrogen) atoms. The Balaban J connectivity index is 3.24. The maximum absolute atomic E-state index is 10.8. The maximum Gasteiger partial charge on any atom is 0.347 e. The predicted molar refractivity (Wildman–Crippen MR) is 64.9 cm³/mol. The quantitative estimate of drug-likeness (QED) is 0.468. The van der Waals surface area contributed by atoms with Crippen LogP contribution in [0.3, 0.4) is 0 Å². The minimum absolute atomic E-state index is 0.00821. The number of carboxylic acids is 1. The van der Waals surface area contributed by atoms with E-state index >= 15 is 0 Å². The third-order valence-corrected chi connectivity index (χ3v) is 2.97. The molecule has 1 rings (SSSR count). The highest BCUT2D eigenvalue weighted by Gasteiger charge is 2.18. The second-order valence-electron chi connectivity index (χ2n) is 3.40. The van der Waals surface area contributed by atoms with Gasteiger partial charge in [-0.1, -0.05) is 6.07 Å². The first-order valence-electron chi connectivity index (χ1n) is 4.86. The lowest BCUT2D eigenvalue weighted by Gasteiger charge is -2.04. The van der Waals surface area contributed by atoms with Crippen LogP contribution in [0.2, 0.25) is 0 Å².